The van der Waals surface area contributed by atoms with Gasteiger partial charge in [0.25, 0.3) is 5.91 Å². The van der Waals surface area contributed by atoms with Gasteiger partial charge >= 0.3 is 0 Å². The predicted molar refractivity (Wildman–Crippen MR) is 86.1 cm³/mol. The number of nitrogen functional groups attached to an aromatic ring is 1. The fourth-order valence-corrected chi connectivity index (χ4v) is 4.22. The summed E-state index contributed by atoms with van der Waals surface area (Å²) in [6.07, 6.45) is 0.921. The second-order valence-corrected chi connectivity index (χ2v) is 6.55. The molecule has 4 nitrogen and oxygen atoms in total. The van der Waals surface area contributed by atoms with Crippen LogP contribution in [0.5, 0.6) is 0 Å². The lowest BCUT2D eigenvalue weighted by Crippen LogP contribution is -2.29. The van der Waals surface area contributed by atoms with Gasteiger partial charge in [-0.3, -0.25) is 10.2 Å². The molecule has 3 N–H and O–H groups in total. The maximum Gasteiger partial charge on any atom is 0.275 e. The molecule has 2 rings (SSSR count). The number of thiophene rings is 1. The van der Waals surface area contributed by atoms with E-state index in [2.05, 4.69) is 5.43 Å². The Morgan fingerprint density at radius 2 is 2.33 bits per heavy atom. The van der Waals surface area contributed by atoms with Gasteiger partial charge in [0, 0.05) is 29.6 Å². The summed E-state index contributed by atoms with van der Waals surface area (Å²) in [5.41, 5.74) is 2.85. The van der Waals surface area contributed by atoms with Crippen LogP contribution < -0.4 is 11.3 Å². The molecule has 0 unspecified atom stereocenters. The highest BCUT2D eigenvalue weighted by Gasteiger charge is 2.19. The number of amides is 1. The summed E-state index contributed by atoms with van der Waals surface area (Å²) in [6, 6.07) is 4.88. The summed E-state index contributed by atoms with van der Waals surface area (Å²) in [7, 11) is 1.66. The van der Waals surface area contributed by atoms with Gasteiger partial charge in [0.2, 0.25) is 0 Å². The summed E-state index contributed by atoms with van der Waals surface area (Å²) in [4.78, 5) is 12.4. The number of methoxy groups -OCH3 is 1. The topological polar surface area (TPSA) is 64.3 Å². The number of nitrogens with one attached hydrogen (secondary N) is 1. The Labute approximate surface area is 130 Å². The van der Waals surface area contributed by atoms with Crippen LogP contribution in [-0.2, 0) is 10.5 Å². The van der Waals surface area contributed by atoms with Gasteiger partial charge in [-0.2, -0.15) is 11.8 Å². The molecule has 0 atom stereocenters. The third-order valence-electron chi connectivity index (χ3n) is 2.98. The van der Waals surface area contributed by atoms with Crippen molar-refractivity contribution in [3.63, 3.8) is 0 Å². The van der Waals surface area contributed by atoms with E-state index in [1.807, 2.05) is 6.07 Å². The third kappa shape index (κ3) is 3.74. The van der Waals surface area contributed by atoms with Crippen LogP contribution in [0.2, 0.25) is 0 Å². The second kappa shape index (κ2) is 7.74. The predicted octanol–water partition coefficient (Wildman–Crippen LogP) is 2.91. The largest absolute Gasteiger partial charge is 0.385 e. The van der Waals surface area contributed by atoms with E-state index in [-0.39, 0.29) is 11.7 Å². The van der Waals surface area contributed by atoms with Crippen LogP contribution in [0.25, 0.3) is 10.1 Å². The number of thioether (sulfide) groups is 1. The molecule has 0 saturated heterocycles. The Morgan fingerprint density at radius 1 is 1.52 bits per heavy atom. The molecule has 0 radical (unpaired) electrons. The molecule has 0 aliphatic carbocycles. The van der Waals surface area contributed by atoms with Gasteiger partial charge in [0.1, 0.15) is 5.82 Å². The first-order chi connectivity index (χ1) is 10.2. The average Bonchev–Trinajstić information content (AvgIpc) is 2.86. The SMILES string of the molecule is COCCCSCc1c(C(=O)NN)sc2cccc(F)c12. The molecule has 7 heteroatoms. The summed E-state index contributed by atoms with van der Waals surface area (Å²) >= 11 is 2.92. The van der Waals surface area contributed by atoms with Gasteiger partial charge in [-0.25, -0.2) is 10.2 Å². The highest BCUT2D eigenvalue weighted by atomic mass is 32.2. The normalized spacial score (nSPS) is 11.0. The molecular formula is C14H17FN2O2S2. The first-order valence-corrected chi connectivity index (χ1v) is 8.43. The lowest BCUT2D eigenvalue weighted by atomic mass is 10.1. The summed E-state index contributed by atoms with van der Waals surface area (Å²) in [5, 5.41) is 0.528. The van der Waals surface area contributed by atoms with E-state index in [4.69, 9.17) is 10.6 Å². The van der Waals surface area contributed by atoms with Crippen LogP contribution in [0, 0.1) is 5.82 Å². The Kier molecular flexibility index (Phi) is 5.98. The molecule has 0 bridgehead atoms. The number of hydrogen-bond acceptors (Lipinski definition) is 5. The fraction of sp³-hybridized carbons (Fsp3) is 0.357. The van der Waals surface area contributed by atoms with Gasteiger partial charge in [0.05, 0.1) is 4.88 Å². The van der Waals surface area contributed by atoms with Crippen molar-refractivity contribution in [1.82, 2.24) is 5.43 Å². The van der Waals surface area contributed by atoms with E-state index in [1.165, 1.54) is 17.4 Å². The molecule has 1 heterocycles. The standard InChI is InChI=1S/C14H17FN2O2S2/c1-19-6-3-7-20-8-9-12-10(15)4-2-5-11(12)21-13(9)14(18)17-16/h2,4-5H,3,6-8,16H2,1H3,(H,17,18). The van der Waals surface area contributed by atoms with Gasteiger partial charge in [-0.15, -0.1) is 11.3 Å². The van der Waals surface area contributed by atoms with Crippen molar-refractivity contribution in [3.8, 4) is 0 Å². The fourth-order valence-electron chi connectivity index (χ4n) is 2.03. The number of nitrogens with two attached hydrogens (primary N) is 1. The van der Waals surface area contributed by atoms with Gasteiger partial charge in [-0.1, -0.05) is 6.07 Å². The van der Waals surface area contributed by atoms with E-state index < -0.39 is 0 Å². The molecular weight excluding hydrogens is 311 g/mol. The Bertz CT molecular complexity index is 631. The van der Waals surface area contributed by atoms with Crippen molar-refractivity contribution < 1.29 is 13.9 Å². The molecule has 2 aromatic rings. The number of carbonyl (C=O) groups excluding carboxylic acids is 1. The Balaban J connectivity index is 2.27. The van der Waals surface area contributed by atoms with E-state index in [1.54, 1.807) is 24.9 Å². The second-order valence-electron chi connectivity index (χ2n) is 4.40. The molecule has 1 aromatic carbocycles. The number of halogens is 1. The van der Waals surface area contributed by atoms with Crippen molar-refractivity contribution in [2.24, 2.45) is 5.84 Å². The number of hydrogen-bond donors (Lipinski definition) is 2. The number of ether oxygens (including phenoxy) is 1. The lowest BCUT2D eigenvalue weighted by Gasteiger charge is -2.05. The Morgan fingerprint density at radius 3 is 3.05 bits per heavy atom. The zero-order valence-corrected chi connectivity index (χ0v) is 13.3. The molecule has 21 heavy (non-hydrogen) atoms. The molecule has 1 aromatic heterocycles. The number of benzene rings is 1. The van der Waals surface area contributed by atoms with Crippen molar-refractivity contribution in [2.75, 3.05) is 19.5 Å². The minimum atomic E-state index is -0.372. The molecule has 1 amide bonds. The van der Waals surface area contributed by atoms with Gasteiger partial charge in [0.15, 0.2) is 0 Å². The van der Waals surface area contributed by atoms with Crippen LogP contribution >= 0.6 is 23.1 Å². The van der Waals surface area contributed by atoms with Crippen molar-refractivity contribution in [3.05, 3.63) is 34.5 Å². The monoisotopic (exact) mass is 328 g/mol. The zero-order chi connectivity index (χ0) is 15.2. The van der Waals surface area contributed by atoms with Crippen LogP contribution in [0.4, 0.5) is 4.39 Å². The van der Waals surface area contributed by atoms with Crippen LogP contribution in [-0.4, -0.2) is 25.4 Å². The van der Waals surface area contributed by atoms with Gasteiger partial charge < -0.3 is 4.74 Å². The minimum absolute atomic E-state index is 0.299. The van der Waals surface area contributed by atoms with E-state index >= 15 is 0 Å². The van der Waals surface area contributed by atoms with Crippen LogP contribution in [0.15, 0.2) is 18.2 Å². The quantitative estimate of drug-likeness (QED) is 0.355. The molecule has 0 aliphatic heterocycles. The number of carbonyl (C=O) groups is 1. The highest BCUT2D eigenvalue weighted by molar-refractivity contribution is 7.98. The first-order valence-electron chi connectivity index (χ1n) is 6.46. The molecule has 0 spiro atoms. The lowest BCUT2D eigenvalue weighted by molar-refractivity contribution is 0.0957. The summed E-state index contributed by atoms with van der Waals surface area (Å²) in [6.45, 7) is 0.696. The maximum atomic E-state index is 14.1. The highest BCUT2D eigenvalue weighted by Crippen LogP contribution is 2.35. The molecule has 114 valence electrons. The number of rotatable bonds is 7. The number of hydrazine groups is 1. The Hall–Kier alpha value is -1.15. The van der Waals surface area contributed by atoms with E-state index in [9.17, 15) is 9.18 Å². The van der Waals surface area contributed by atoms with Crippen molar-refractivity contribution >= 4 is 39.1 Å². The van der Waals surface area contributed by atoms with Crippen LogP contribution in [0.1, 0.15) is 21.7 Å². The van der Waals surface area contributed by atoms with Gasteiger partial charge in [-0.05, 0) is 29.9 Å². The molecule has 0 fully saturated rings. The van der Waals surface area contributed by atoms with Crippen molar-refractivity contribution in [1.29, 1.82) is 0 Å². The average molecular weight is 328 g/mol. The molecule has 0 aliphatic rings. The van der Waals surface area contributed by atoms with E-state index in [0.29, 0.717) is 22.6 Å². The first kappa shape index (κ1) is 16.2. The van der Waals surface area contributed by atoms with Crippen LogP contribution in [0.3, 0.4) is 0 Å². The summed E-state index contributed by atoms with van der Waals surface area (Å²) < 4.78 is 19.8. The zero-order valence-electron chi connectivity index (χ0n) is 11.6. The molecule has 0 saturated carbocycles. The van der Waals surface area contributed by atoms with E-state index in [0.717, 1.165) is 22.4 Å². The smallest absolute Gasteiger partial charge is 0.275 e. The third-order valence-corrected chi connectivity index (χ3v) is 5.25. The number of fused-ring (bicyclic) bond motifs is 1. The maximum absolute atomic E-state index is 14.1. The minimum Gasteiger partial charge on any atom is -0.385 e. The van der Waals surface area contributed by atoms with Crippen molar-refractivity contribution in [2.45, 2.75) is 12.2 Å². The summed E-state index contributed by atoms with van der Waals surface area (Å²) in [5.74, 6) is 6.02.